The minimum atomic E-state index is -2.93. The van der Waals surface area contributed by atoms with Crippen molar-refractivity contribution in [3.8, 4) is 0 Å². The SMILES string of the molecule is CCC(NC(=O)CC1CCS(=O)(=O)C1)c1cccc(Cl)c1. The molecule has 2 atom stereocenters. The number of nitrogens with one attached hydrogen (secondary N) is 1. The van der Waals surface area contributed by atoms with Crippen LogP contribution in [0, 0.1) is 5.92 Å². The van der Waals surface area contributed by atoms with E-state index in [1.807, 2.05) is 25.1 Å². The van der Waals surface area contributed by atoms with E-state index in [1.54, 1.807) is 6.07 Å². The van der Waals surface area contributed by atoms with E-state index in [4.69, 9.17) is 11.6 Å². The lowest BCUT2D eigenvalue weighted by Crippen LogP contribution is -2.30. The van der Waals surface area contributed by atoms with Crippen molar-refractivity contribution in [3.05, 3.63) is 34.9 Å². The number of hydrogen-bond donors (Lipinski definition) is 1. The predicted molar refractivity (Wildman–Crippen MR) is 84.0 cm³/mol. The Balaban J connectivity index is 1.94. The van der Waals surface area contributed by atoms with E-state index in [9.17, 15) is 13.2 Å². The fraction of sp³-hybridized carbons (Fsp3) is 0.533. The Morgan fingerprint density at radius 3 is 2.81 bits per heavy atom. The van der Waals surface area contributed by atoms with Crippen molar-refractivity contribution in [1.29, 1.82) is 0 Å². The predicted octanol–water partition coefficient (Wildman–Crippen LogP) is 2.73. The van der Waals surface area contributed by atoms with Crippen LogP contribution < -0.4 is 5.32 Å². The summed E-state index contributed by atoms with van der Waals surface area (Å²) >= 11 is 5.97. The van der Waals surface area contributed by atoms with Crippen LogP contribution in [0.1, 0.15) is 37.8 Å². The van der Waals surface area contributed by atoms with E-state index < -0.39 is 9.84 Å². The molecule has 0 radical (unpaired) electrons. The summed E-state index contributed by atoms with van der Waals surface area (Å²) in [6.07, 6.45) is 1.62. The number of rotatable bonds is 5. The first kappa shape index (κ1) is 16.3. The van der Waals surface area contributed by atoms with Crippen LogP contribution in [0.2, 0.25) is 5.02 Å². The van der Waals surface area contributed by atoms with Crippen LogP contribution in [-0.4, -0.2) is 25.8 Å². The molecule has 1 aliphatic heterocycles. The van der Waals surface area contributed by atoms with Gasteiger partial charge in [-0.2, -0.15) is 0 Å². The van der Waals surface area contributed by atoms with Crippen molar-refractivity contribution >= 4 is 27.3 Å². The highest BCUT2D eigenvalue weighted by Crippen LogP contribution is 2.23. The maximum atomic E-state index is 12.1. The molecule has 6 heteroatoms. The monoisotopic (exact) mass is 329 g/mol. The van der Waals surface area contributed by atoms with Gasteiger partial charge >= 0.3 is 0 Å². The van der Waals surface area contributed by atoms with Gasteiger partial charge in [0.1, 0.15) is 0 Å². The first-order valence-electron chi connectivity index (χ1n) is 7.15. The summed E-state index contributed by atoms with van der Waals surface area (Å²) < 4.78 is 22.8. The van der Waals surface area contributed by atoms with Gasteiger partial charge in [-0.15, -0.1) is 0 Å². The summed E-state index contributed by atoms with van der Waals surface area (Å²) in [5.74, 6) is 0.195. The first-order valence-corrected chi connectivity index (χ1v) is 9.35. The average molecular weight is 330 g/mol. The molecule has 1 fully saturated rings. The second kappa shape index (κ2) is 6.79. The normalized spacial score (nSPS) is 21.9. The second-order valence-electron chi connectivity index (χ2n) is 5.56. The highest BCUT2D eigenvalue weighted by molar-refractivity contribution is 7.91. The van der Waals surface area contributed by atoms with Gasteiger partial charge in [-0.05, 0) is 36.5 Å². The molecule has 116 valence electrons. The Morgan fingerprint density at radius 2 is 2.24 bits per heavy atom. The molecule has 2 unspecified atom stereocenters. The third-order valence-corrected chi connectivity index (χ3v) is 5.87. The molecule has 1 heterocycles. The van der Waals surface area contributed by atoms with Crippen molar-refractivity contribution in [2.45, 2.75) is 32.2 Å². The van der Waals surface area contributed by atoms with Gasteiger partial charge in [0.2, 0.25) is 5.91 Å². The molecule has 1 amide bonds. The summed E-state index contributed by atoms with van der Waals surface area (Å²) in [6.45, 7) is 1.99. The molecule has 0 saturated carbocycles. The van der Waals surface area contributed by atoms with Crippen molar-refractivity contribution in [2.24, 2.45) is 5.92 Å². The maximum Gasteiger partial charge on any atom is 0.220 e. The smallest absolute Gasteiger partial charge is 0.220 e. The van der Waals surface area contributed by atoms with E-state index in [0.717, 1.165) is 12.0 Å². The highest BCUT2D eigenvalue weighted by Gasteiger charge is 2.29. The Morgan fingerprint density at radius 1 is 1.48 bits per heavy atom. The molecule has 0 aromatic heterocycles. The minimum absolute atomic E-state index is 0.0492. The standard InChI is InChI=1S/C15H20ClNO3S/c1-2-14(12-4-3-5-13(16)9-12)17-15(18)8-11-6-7-21(19,20)10-11/h3-5,9,11,14H,2,6-8,10H2,1H3,(H,17,18). The second-order valence-corrected chi connectivity index (χ2v) is 8.22. The van der Waals surface area contributed by atoms with Gasteiger partial charge in [0.15, 0.2) is 9.84 Å². The fourth-order valence-electron chi connectivity index (χ4n) is 2.69. The zero-order chi connectivity index (χ0) is 15.5. The molecular weight excluding hydrogens is 310 g/mol. The molecule has 4 nitrogen and oxygen atoms in total. The van der Waals surface area contributed by atoms with Gasteiger partial charge in [-0.25, -0.2) is 8.42 Å². The first-order chi connectivity index (χ1) is 9.89. The molecule has 1 N–H and O–H groups in total. The number of carbonyl (C=O) groups is 1. The van der Waals surface area contributed by atoms with Crippen LogP contribution in [-0.2, 0) is 14.6 Å². The molecule has 0 spiro atoms. The van der Waals surface area contributed by atoms with Crippen LogP contribution in [0.25, 0.3) is 0 Å². The highest BCUT2D eigenvalue weighted by atomic mass is 35.5. The van der Waals surface area contributed by atoms with Crippen LogP contribution in [0.15, 0.2) is 24.3 Å². The van der Waals surface area contributed by atoms with Crippen molar-refractivity contribution in [1.82, 2.24) is 5.32 Å². The number of amides is 1. The molecule has 1 aromatic rings. The van der Waals surface area contributed by atoms with Gasteiger partial charge < -0.3 is 5.32 Å². The third kappa shape index (κ3) is 4.71. The average Bonchev–Trinajstić information content (AvgIpc) is 2.75. The van der Waals surface area contributed by atoms with E-state index >= 15 is 0 Å². The van der Waals surface area contributed by atoms with Gasteiger partial charge in [-0.3, -0.25) is 4.79 Å². The molecule has 1 aromatic carbocycles. The molecule has 1 aliphatic rings. The van der Waals surface area contributed by atoms with Gasteiger partial charge in [0.05, 0.1) is 17.5 Å². The quantitative estimate of drug-likeness (QED) is 0.903. The number of sulfone groups is 1. The summed E-state index contributed by atoms with van der Waals surface area (Å²) in [7, 11) is -2.93. The molecule has 0 aliphatic carbocycles. The van der Waals surface area contributed by atoms with Crippen molar-refractivity contribution < 1.29 is 13.2 Å². The van der Waals surface area contributed by atoms with Crippen molar-refractivity contribution in [2.75, 3.05) is 11.5 Å². The third-order valence-electron chi connectivity index (χ3n) is 3.80. The van der Waals surface area contributed by atoms with Gasteiger partial charge in [0.25, 0.3) is 0 Å². The van der Waals surface area contributed by atoms with E-state index in [-0.39, 0.29) is 35.8 Å². The Bertz CT molecular complexity index is 615. The van der Waals surface area contributed by atoms with E-state index in [0.29, 0.717) is 11.4 Å². The number of carbonyl (C=O) groups excluding carboxylic acids is 1. The number of benzene rings is 1. The lowest BCUT2D eigenvalue weighted by atomic mass is 10.0. The molecule has 2 rings (SSSR count). The molecule has 0 bridgehead atoms. The lowest BCUT2D eigenvalue weighted by molar-refractivity contribution is -0.122. The van der Waals surface area contributed by atoms with Crippen LogP contribution >= 0.6 is 11.6 Å². The van der Waals surface area contributed by atoms with Crippen LogP contribution in [0.4, 0.5) is 0 Å². The molecular formula is C15H20ClNO3S. The summed E-state index contributed by atoms with van der Waals surface area (Å²) in [4.78, 5) is 12.1. The Hall–Kier alpha value is -1.07. The zero-order valence-corrected chi connectivity index (χ0v) is 13.6. The largest absolute Gasteiger partial charge is 0.349 e. The maximum absolute atomic E-state index is 12.1. The van der Waals surface area contributed by atoms with E-state index in [1.165, 1.54) is 0 Å². The zero-order valence-electron chi connectivity index (χ0n) is 12.0. The summed E-state index contributed by atoms with van der Waals surface area (Å²) in [5.41, 5.74) is 0.970. The van der Waals surface area contributed by atoms with Crippen LogP contribution in [0.3, 0.4) is 0 Å². The minimum Gasteiger partial charge on any atom is -0.349 e. The lowest BCUT2D eigenvalue weighted by Gasteiger charge is -2.18. The van der Waals surface area contributed by atoms with E-state index in [2.05, 4.69) is 5.32 Å². The Kier molecular flexibility index (Phi) is 5.27. The van der Waals surface area contributed by atoms with Gasteiger partial charge in [-0.1, -0.05) is 30.7 Å². The van der Waals surface area contributed by atoms with Crippen molar-refractivity contribution in [3.63, 3.8) is 0 Å². The summed E-state index contributed by atoms with van der Waals surface area (Å²) in [5, 5.41) is 3.61. The van der Waals surface area contributed by atoms with Crippen LogP contribution in [0.5, 0.6) is 0 Å². The van der Waals surface area contributed by atoms with Gasteiger partial charge in [0, 0.05) is 11.4 Å². The number of halogens is 1. The Labute approximate surface area is 130 Å². The molecule has 1 saturated heterocycles. The molecule has 21 heavy (non-hydrogen) atoms. The topological polar surface area (TPSA) is 63.2 Å². The summed E-state index contributed by atoms with van der Waals surface area (Å²) in [6, 6.07) is 7.34. The fourth-order valence-corrected chi connectivity index (χ4v) is 4.75. The number of hydrogen-bond acceptors (Lipinski definition) is 3.